The lowest BCUT2D eigenvalue weighted by molar-refractivity contribution is 0.0494. The van der Waals surface area contributed by atoms with Gasteiger partial charge in [-0.15, -0.1) is 0 Å². The summed E-state index contributed by atoms with van der Waals surface area (Å²) < 4.78 is 17.0. The fourth-order valence-corrected chi connectivity index (χ4v) is 2.62. The Morgan fingerprint density at radius 2 is 1.50 bits per heavy atom. The van der Waals surface area contributed by atoms with Crippen LogP contribution in [0.25, 0.3) is 0 Å². The van der Waals surface area contributed by atoms with Crippen molar-refractivity contribution in [3.63, 3.8) is 0 Å². The van der Waals surface area contributed by atoms with E-state index in [4.69, 9.17) is 14.2 Å². The average Bonchev–Trinajstić information content (AvgIpc) is 2.54. The van der Waals surface area contributed by atoms with Gasteiger partial charge in [0.1, 0.15) is 11.2 Å². The summed E-state index contributed by atoms with van der Waals surface area (Å²) in [6.07, 6.45) is 2.09. The Kier molecular flexibility index (Phi) is 7.77. The lowest BCUT2D eigenvalue weighted by Gasteiger charge is -2.33. The van der Waals surface area contributed by atoms with Gasteiger partial charge in [0.15, 0.2) is 11.5 Å². The Morgan fingerprint density at radius 3 is 2.00 bits per heavy atom. The van der Waals surface area contributed by atoms with Crippen molar-refractivity contribution in [1.29, 1.82) is 0 Å². The first-order chi connectivity index (χ1) is 12.7. The molecule has 0 spiro atoms. The molecular weight excluding hydrogens is 360 g/mol. The number of aliphatic hydroxyl groups is 1. The molecular formula is C22H36O6. The molecule has 0 bridgehead atoms. The van der Waals surface area contributed by atoms with Gasteiger partial charge in [0.25, 0.3) is 0 Å². The van der Waals surface area contributed by atoms with E-state index in [2.05, 4.69) is 20.8 Å². The summed E-state index contributed by atoms with van der Waals surface area (Å²) in [5, 5.41) is 19.8. The quantitative estimate of drug-likeness (QED) is 0.588. The van der Waals surface area contributed by atoms with Crippen molar-refractivity contribution >= 4 is 5.97 Å². The lowest BCUT2D eigenvalue weighted by Crippen LogP contribution is -2.32. The zero-order valence-corrected chi connectivity index (χ0v) is 18.5. The van der Waals surface area contributed by atoms with Crippen LogP contribution < -0.4 is 9.47 Å². The number of carbonyl (C=O) groups excluding carboxylic acids is 1. The summed E-state index contributed by atoms with van der Waals surface area (Å²) in [4.78, 5) is 12.0. The smallest absolute Gasteiger partial charge is 0.338 e. The van der Waals surface area contributed by atoms with Crippen LogP contribution in [0.2, 0.25) is 0 Å². The summed E-state index contributed by atoms with van der Waals surface area (Å²) in [6, 6.07) is 2.82. The first-order valence-electron chi connectivity index (χ1n) is 9.64. The molecule has 6 nitrogen and oxygen atoms in total. The third-order valence-corrected chi connectivity index (χ3v) is 4.41. The highest BCUT2D eigenvalue weighted by molar-refractivity contribution is 5.91. The maximum atomic E-state index is 12.0. The average molecular weight is 397 g/mol. The van der Waals surface area contributed by atoms with Crippen LogP contribution >= 0.6 is 0 Å². The van der Waals surface area contributed by atoms with E-state index in [1.165, 1.54) is 19.2 Å². The predicted octanol–water partition coefficient (Wildman–Crippen LogP) is 4.70. The Balaban J connectivity index is 3.30. The molecule has 1 aromatic rings. The molecule has 0 atom stereocenters. The van der Waals surface area contributed by atoms with Gasteiger partial charge in [0.05, 0.1) is 12.7 Å². The number of hydrogen-bond donors (Lipinski definition) is 2. The highest BCUT2D eigenvalue weighted by atomic mass is 16.5. The number of rotatable bonds is 9. The number of hydrogen-bond acceptors (Lipinski definition) is 6. The molecule has 0 heterocycles. The van der Waals surface area contributed by atoms with Crippen molar-refractivity contribution in [3.8, 4) is 17.2 Å². The molecule has 28 heavy (non-hydrogen) atoms. The summed E-state index contributed by atoms with van der Waals surface area (Å²) in [5.74, 6) is -0.371. The second-order valence-electron chi connectivity index (χ2n) is 9.57. The van der Waals surface area contributed by atoms with Crippen molar-refractivity contribution in [2.45, 2.75) is 78.9 Å². The van der Waals surface area contributed by atoms with E-state index >= 15 is 0 Å². The fraction of sp³-hybridized carbons (Fsp3) is 0.682. The van der Waals surface area contributed by atoms with Gasteiger partial charge < -0.3 is 24.4 Å². The molecule has 1 rings (SSSR count). The molecule has 2 N–H and O–H groups in total. The summed E-state index contributed by atoms with van der Waals surface area (Å²) in [5.41, 5.74) is -0.951. The van der Waals surface area contributed by atoms with Gasteiger partial charge in [-0.05, 0) is 58.1 Å². The van der Waals surface area contributed by atoms with Gasteiger partial charge in [0.2, 0.25) is 5.75 Å². The maximum Gasteiger partial charge on any atom is 0.338 e. The predicted molar refractivity (Wildman–Crippen MR) is 109 cm³/mol. The van der Waals surface area contributed by atoms with Crippen molar-refractivity contribution in [2.75, 3.05) is 13.7 Å². The second-order valence-corrected chi connectivity index (χ2v) is 9.57. The van der Waals surface area contributed by atoms with Crippen LogP contribution in [0.4, 0.5) is 0 Å². The van der Waals surface area contributed by atoms with Crippen molar-refractivity contribution in [3.05, 3.63) is 17.7 Å². The van der Waals surface area contributed by atoms with E-state index in [9.17, 15) is 15.0 Å². The van der Waals surface area contributed by atoms with E-state index in [0.717, 1.165) is 12.8 Å². The molecule has 6 heteroatoms. The zero-order valence-electron chi connectivity index (χ0n) is 18.5. The second kappa shape index (κ2) is 9.03. The zero-order chi connectivity index (χ0) is 21.8. The first-order valence-corrected chi connectivity index (χ1v) is 9.64. The normalized spacial score (nSPS) is 12.6. The Hall–Kier alpha value is -1.95. The number of carbonyl (C=O) groups is 1. The molecule has 0 saturated carbocycles. The largest absolute Gasteiger partial charge is 0.504 e. The minimum absolute atomic E-state index is 0.0543. The highest BCUT2D eigenvalue weighted by Gasteiger charge is 2.29. The van der Waals surface area contributed by atoms with Gasteiger partial charge in [-0.25, -0.2) is 4.79 Å². The van der Waals surface area contributed by atoms with Crippen LogP contribution in [-0.4, -0.2) is 41.1 Å². The van der Waals surface area contributed by atoms with Crippen LogP contribution in [0.3, 0.4) is 0 Å². The molecule has 0 saturated heterocycles. The van der Waals surface area contributed by atoms with E-state index in [1.54, 1.807) is 0 Å². The van der Waals surface area contributed by atoms with E-state index in [1.807, 2.05) is 27.7 Å². The number of ether oxygens (including phenoxy) is 3. The number of phenolic OH excluding ortho intramolecular Hbond substituents is 1. The number of phenols is 1. The lowest BCUT2D eigenvalue weighted by atomic mass is 9.86. The number of aliphatic hydroxyl groups excluding tert-OH is 1. The maximum absolute atomic E-state index is 12.0. The monoisotopic (exact) mass is 396 g/mol. The molecule has 0 amide bonds. The van der Waals surface area contributed by atoms with Gasteiger partial charge in [-0.1, -0.05) is 20.8 Å². The Bertz CT molecular complexity index is 670. The molecule has 0 radical (unpaired) electrons. The number of aromatic hydroxyl groups is 1. The molecule has 160 valence electrons. The number of benzene rings is 1. The summed E-state index contributed by atoms with van der Waals surface area (Å²) >= 11 is 0. The molecule has 0 unspecified atom stereocenters. The van der Waals surface area contributed by atoms with Crippen molar-refractivity contribution in [1.82, 2.24) is 0 Å². The first kappa shape index (κ1) is 24.1. The van der Waals surface area contributed by atoms with Crippen LogP contribution in [-0.2, 0) is 4.74 Å². The Labute approximate surface area is 168 Å². The Morgan fingerprint density at radius 1 is 0.929 bits per heavy atom. The third-order valence-electron chi connectivity index (χ3n) is 4.41. The third kappa shape index (κ3) is 7.58. The van der Waals surface area contributed by atoms with E-state index in [0.29, 0.717) is 6.42 Å². The molecule has 0 aliphatic rings. The van der Waals surface area contributed by atoms with Gasteiger partial charge >= 0.3 is 5.97 Å². The minimum atomic E-state index is -0.729. The van der Waals surface area contributed by atoms with Gasteiger partial charge in [0, 0.05) is 13.0 Å². The van der Waals surface area contributed by atoms with Crippen LogP contribution in [0.1, 0.15) is 78.1 Å². The number of methoxy groups -OCH3 is 1. The van der Waals surface area contributed by atoms with Gasteiger partial charge in [-0.3, -0.25) is 0 Å². The SMILES string of the molecule is COC(=O)c1cc(O)c(OC(C)(C)CCO)c(OC(C)(C)CCC(C)(C)C)c1. The van der Waals surface area contributed by atoms with Crippen LogP contribution in [0.5, 0.6) is 17.2 Å². The highest BCUT2D eigenvalue weighted by Crippen LogP contribution is 2.43. The van der Waals surface area contributed by atoms with E-state index < -0.39 is 17.2 Å². The van der Waals surface area contributed by atoms with Gasteiger partial charge in [-0.2, -0.15) is 0 Å². The standard InChI is InChI=1S/C22H36O6/c1-20(2,3)9-10-21(4,5)27-17-14-15(19(25)26-8)13-16(24)18(17)28-22(6,7)11-12-23/h13-14,23-24H,9-12H2,1-8H3. The topological polar surface area (TPSA) is 85.2 Å². The summed E-state index contributed by atoms with van der Waals surface area (Å²) in [7, 11) is 1.28. The van der Waals surface area contributed by atoms with E-state index in [-0.39, 0.29) is 34.8 Å². The minimum Gasteiger partial charge on any atom is -0.504 e. The van der Waals surface area contributed by atoms with Crippen LogP contribution in [0.15, 0.2) is 12.1 Å². The molecule has 0 aromatic heterocycles. The summed E-state index contributed by atoms with van der Waals surface area (Å²) in [6.45, 7) is 14.0. The molecule has 1 aromatic carbocycles. The van der Waals surface area contributed by atoms with Crippen molar-refractivity contribution < 1.29 is 29.2 Å². The number of esters is 1. The van der Waals surface area contributed by atoms with Crippen molar-refractivity contribution in [2.24, 2.45) is 5.41 Å². The fourth-order valence-electron chi connectivity index (χ4n) is 2.62. The molecule has 0 aliphatic heterocycles. The molecule has 0 fully saturated rings. The molecule has 0 aliphatic carbocycles. The van der Waals surface area contributed by atoms with Crippen LogP contribution in [0, 0.1) is 5.41 Å².